The predicted octanol–water partition coefficient (Wildman–Crippen LogP) is 5.10. The fourth-order valence-electron chi connectivity index (χ4n) is 3.27. The summed E-state index contributed by atoms with van der Waals surface area (Å²) in [6, 6.07) is 9.84. The highest BCUT2D eigenvalue weighted by molar-refractivity contribution is 8.18. The number of hydrogen-bond donors (Lipinski definition) is 2. The lowest BCUT2D eigenvalue weighted by atomic mass is 10.1. The number of alkyl halides is 3. The lowest BCUT2D eigenvalue weighted by molar-refractivity contribution is -0.137. The van der Waals surface area contributed by atoms with Gasteiger partial charge < -0.3 is 9.47 Å². The molecule has 8 nitrogen and oxygen atoms in total. The summed E-state index contributed by atoms with van der Waals surface area (Å²) in [5, 5.41) is 4.60. The van der Waals surface area contributed by atoms with E-state index in [1.54, 1.807) is 24.3 Å². The van der Waals surface area contributed by atoms with Crippen LogP contribution in [-0.4, -0.2) is 35.8 Å². The lowest BCUT2D eigenvalue weighted by Crippen LogP contribution is -2.20. The number of carbonyl (C=O) groups excluding carboxylic acids is 3. The van der Waals surface area contributed by atoms with Gasteiger partial charge >= 0.3 is 6.18 Å². The van der Waals surface area contributed by atoms with Crippen molar-refractivity contribution >= 4 is 51.4 Å². The number of anilines is 1. The van der Waals surface area contributed by atoms with Crippen LogP contribution in [0.2, 0.25) is 0 Å². The Kier molecular flexibility index (Phi) is 7.83. The normalized spacial score (nSPS) is 14.5. The summed E-state index contributed by atoms with van der Waals surface area (Å²) < 4.78 is 49.6. The number of ether oxygens (including phenoxy) is 2. The van der Waals surface area contributed by atoms with E-state index < -0.39 is 28.8 Å². The molecule has 0 spiro atoms. The van der Waals surface area contributed by atoms with Gasteiger partial charge in [-0.05, 0) is 47.2 Å². The van der Waals surface area contributed by atoms with Gasteiger partial charge in [-0.15, -0.1) is 11.3 Å². The second-order valence-corrected chi connectivity index (χ2v) is 9.74. The van der Waals surface area contributed by atoms with E-state index in [-0.39, 0.29) is 28.8 Å². The van der Waals surface area contributed by atoms with Crippen LogP contribution < -0.4 is 20.1 Å². The number of amides is 3. The van der Waals surface area contributed by atoms with Gasteiger partial charge in [-0.1, -0.05) is 24.3 Å². The molecular formula is C24H18F3N3O5S2. The third-order valence-corrected chi connectivity index (χ3v) is 6.64. The quantitative estimate of drug-likeness (QED) is 0.377. The smallest absolute Gasteiger partial charge is 0.416 e. The summed E-state index contributed by atoms with van der Waals surface area (Å²) in [6.07, 6.45) is -1.16. The number of aromatic nitrogens is 1. The molecule has 1 fully saturated rings. The Bertz CT molecular complexity index is 1390. The van der Waals surface area contributed by atoms with Crippen LogP contribution in [0, 0.1) is 0 Å². The Morgan fingerprint density at radius 3 is 2.68 bits per heavy atom. The van der Waals surface area contributed by atoms with Crippen molar-refractivity contribution in [1.82, 2.24) is 10.3 Å². The lowest BCUT2D eigenvalue weighted by Gasteiger charge is -2.11. The molecule has 1 aliphatic rings. The van der Waals surface area contributed by atoms with E-state index in [9.17, 15) is 27.6 Å². The van der Waals surface area contributed by atoms with Crippen molar-refractivity contribution in [3.05, 3.63) is 75.1 Å². The first-order valence-corrected chi connectivity index (χ1v) is 12.2. The summed E-state index contributed by atoms with van der Waals surface area (Å²) >= 11 is 1.94. The molecule has 2 N–H and O–H groups in total. The number of imide groups is 1. The van der Waals surface area contributed by atoms with Crippen molar-refractivity contribution in [3.63, 3.8) is 0 Å². The molecule has 3 amide bonds. The summed E-state index contributed by atoms with van der Waals surface area (Å²) in [6.45, 7) is -0.355. The minimum absolute atomic E-state index is 0.238. The summed E-state index contributed by atoms with van der Waals surface area (Å²) in [5.41, 5.74) is 0.347. The monoisotopic (exact) mass is 549 g/mol. The molecule has 2 aromatic carbocycles. The predicted molar refractivity (Wildman–Crippen MR) is 133 cm³/mol. The third kappa shape index (κ3) is 6.89. The van der Waals surface area contributed by atoms with Gasteiger partial charge in [0.15, 0.2) is 23.2 Å². The Labute approximate surface area is 216 Å². The van der Waals surface area contributed by atoms with Gasteiger partial charge in [0.1, 0.15) is 0 Å². The van der Waals surface area contributed by atoms with E-state index in [0.29, 0.717) is 21.8 Å². The molecular weight excluding hydrogens is 531 g/mol. The molecule has 0 bridgehead atoms. The SMILES string of the molecule is COc1cc(/C=C2\SC(=O)NC2=O)ccc1OCC(=O)Nc1ncc(Cc2cccc(C(F)(F)F)c2)s1. The van der Waals surface area contributed by atoms with Crippen molar-refractivity contribution in [2.24, 2.45) is 0 Å². The first-order valence-electron chi connectivity index (χ1n) is 10.6. The maximum atomic E-state index is 12.9. The molecule has 0 radical (unpaired) electrons. The number of nitrogens with one attached hydrogen (secondary N) is 2. The first kappa shape index (κ1) is 26.2. The zero-order valence-electron chi connectivity index (χ0n) is 19.0. The molecule has 0 saturated carbocycles. The van der Waals surface area contributed by atoms with Gasteiger partial charge in [0.25, 0.3) is 17.1 Å². The van der Waals surface area contributed by atoms with Gasteiger partial charge in [0, 0.05) is 17.5 Å². The zero-order valence-corrected chi connectivity index (χ0v) is 20.7. The van der Waals surface area contributed by atoms with E-state index >= 15 is 0 Å². The molecule has 2 heterocycles. The van der Waals surface area contributed by atoms with Gasteiger partial charge in [0.05, 0.1) is 17.6 Å². The standard InChI is InChI=1S/C24H18F3N3O5S2/c1-34-18-9-14(10-19-21(32)30-23(33)37-19)5-6-17(18)35-12-20(31)29-22-28-11-16(36-22)8-13-3-2-4-15(7-13)24(25,26)27/h2-7,9-11H,8,12H2,1H3,(H,28,29,31)(H,30,32,33)/b19-10-. The minimum atomic E-state index is -4.42. The van der Waals surface area contributed by atoms with Crippen LogP contribution in [0.3, 0.4) is 0 Å². The van der Waals surface area contributed by atoms with Crippen LogP contribution in [0.4, 0.5) is 23.1 Å². The fraction of sp³-hybridized carbons (Fsp3) is 0.167. The summed E-state index contributed by atoms with van der Waals surface area (Å²) in [5.74, 6) is -0.379. The molecule has 1 aliphatic heterocycles. The number of halogens is 3. The van der Waals surface area contributed by atoms with Crippen molar-refractivity contribution in [3.8, 4) is 11.5 Å². The highest BCUT2D eigenvalue weighted by Gasteiger charge is 2.30. The fourth-order valence-corrected chi connectivity index (χ4v) is 4.82. The molecule has 4 rings (SSSR count). The van der Waals surface area contributed by atoms with Crippen LogP contribution in [0.5, 0.6) is 11.5 Å². The van der Waals surface area contributed by atoms with Gasteiger partial charge in [-0.25, -0.2) is 4.98 Å². The highest BCUT2D eigenvalue weighted by atomic mass is 32.2. The number of thiazole rings is 1. The molecule has 37 heavy (non-hydrogen) atoms. The maximum absolute atomic E-state index is 12.9. The zero-order chi connectivity index (χ0) is 26.6. The van der Waals surface area contributed by atoms with Gasteiger partial charge in [-0.3, -0.25) is 25.0 Å². The molecule has 13 heteroatoms. The maximum Gasteiger partial charge on any atom is 0.416 e. The van der Waals surface area contributed by atoms with Crippen molar-refractivity contribution < 1.29 is 37.0 Å². The highest BCUT2D eigenvalue weighted by Crippen LogP contribution is 2.32. The average molecular weight is 550 g/mol. The van der Waals surface area contributed by atoms with Gasteiger partial charge in [0.2, 0.25) is 0 Å². The van der Waals surface area contributed by atoms with Crippen molar-refractivity contribution in [1.29, 1.82) is 0 Å². The number of hydrogen-bond acceptors (Lipinski definition) is 8. The number of benzene rings is 2. The molecule has 0 unspecified atom stereocenters. The van der Waals surface area contributed by atoms with Gasteiger partial charge in [-0.2, -0.15) is 13.2 Å². The molecule has 0 aliphatic carbocycles. The van der Waals surface area contributed by atoms with Crippen LogP contribution in [-0.2, 0) is 22.2 Å². The number of nitrogens with zero attached hydrogens (tertiary/aromatic N) is 1. The van der Waals surface area contributed by atoms with Crippen LogP contribution in [0.25, 0.3) is 6.08 Å². The average Bonchev–Trinajstić information content (AvgIpc) is 3.41. The Hall–Kier alpha value is -3.84. The molecule has 192 valence electrons. The van der Waals surface area contributed by atoms with E-state index in [2.05, 4.69) is 15.6 Å². The third-order valence-electron chi connectivity index (χ3n) is 4.92. The summed E-state index contributed by atoms with van der Waals surface area (Å²) in [4.78, 5) is 40.4. The van der Waals surface area contributed by atoms with Crippen LogP contribution >= 0.6 is 23.1 Å². The Balaban J connectivity index is 1.34. The molecule has 1 aromatic heterocycles. The molecule has 3 aromatic rings. The number of methoxy groups -OCH3 is 1. The number of rotatable bonds is 8. The van der Waals surface area contributed by atoms with E-state index in [4.69, 9.17) is 9.47 Å². The van der Waals surface area contributed by atoms with E-state index in [1.165, 1.54) is 25.4 Å². The molecule has 0 atom stereocenters. The summed E-state index contributed by atoms with van der Waals surface area (Å²) in [7, 11) is 1.42. The minimum Gasteiger partial charge on any atom is -0.493 e. The van der Waals surface area contributed by atoms with Crippen molar-refractivity contribution in [2.45, 2.75) is 12.6 Å². The Morgan fingerprint density at radius 2 is 1.97 bits per heavy atom. The van der Waals surface area contributed by atoms with E-state index in [0.717, 1.165) is 35.2 Å². The van der Waals surface area contributed by atoms with Crippen molar-refractivity contribution in [2.75, 3.05) is 19.0 Å². The van der Waals surface area contributed by atoms with Crippen LogP contribution in [0.1, 0.15) is 21.6 Å². The van der Waals surface area contributed by atoms with Crippen LogP contribution in [0.15, 0.2) is 53.6 Å². The number of carbonyl (C=O) groups is 3. The molecule has 1 saturated heterocycles. The second kappa shape index (κ2) is 11.0. The Morgan fingerprint density at radius 1 is 1.16 bits per heavy atom. The first-order chi connectivity index (χ1) is 17.6. The largest absolute Gasteiger partial charge is 0.493 e. The second-order valence-electron chi connectivity index (χ2n) is 7.61. The van der Waals surface area contributed by atoms with E-state index in [1.807, 2.05) is 0 Å². The topological polar surface area (TPSA) is 107 Å². The number of thioether (sulfide) groups is 1.